The average molecular weight is 284 g/mol. The lowest BCUT2D eigenvalue weighted by molar-refractivity contribution is 0.107. The van der Waals surface area contributed by atoms with Crippen LogP contribution in [0.2, 0.25) is 0 Å². The van der Waals surface area contributed by atoms with Crippen LogP contribution in [0.5, 0.6) is 17.2 Å². The number of unbranched alkanes of at least 4 members (excludes halogenated alkanes) is 1. The molecular weight excluding hydrogens is 263 g/mol. The normalized spacial score (nSPS) is 10.7. The highest BCUT2D eigenvalue weighted by Crippen LogP contribution is 2.38. The lowest BCUT2D eigenvalue weighted by Crippen LogP contribution is -2.02. The summed E-state index contributed by atoms with van der Waals surface area (Å²) < 4.78 is 15.7. The second kappa shape index (κ2) is 8.00. The Labute approximate surface area is 116 Å². The molecule has 0 spiro atoms. The Morgan fingerprint density at radius 1 is 1.11 bits per heavy atom. The van der Waals surface area contributed by atoms with Gasteiger partial charge in [0.2, 0.25) is 0 Å². The van der Waals surface area contributed by atoms with Crippen molar-refractivity contribution in [2.24, 2.45) is 0 Å². The minimum atomic E-state index is 0.0739. The summed E-state index contributed by atoms with van der Waals surface area (Å²) in [5, 5.41) is 0. The minimum absolute atomic E-state index is 0.0739. The maximum Gasteiger partial charge on any atom is 0.188 e. The lowest BCUT2D eigenvalue weighted by atomic mass is 10.2. The molecule has 0 bridgehead atoms. The molecule has 0 N–H and O–H groups in total. The van der Waals surface area contributed by atoms with Gasteiger partial charge in [0.1, 0.15) is 22.8 Å². The van der Waals surface area contributed by atoms with Crippen LogP contribution in [0.3, 0.4) is 0 Å². The van der Waals surface area contributed by atoms with Gasteiger partial charge in [-0.05, 0) is 21.2 Å². The van der Waals surface area contributed by atoms with E-state index in [1.165, 1.54) is 0 Å². The smallest absolute Gasteiger partial charge is 0.188 e. The molecule has 1 aromatic carbocycles. The quantitative estimate of drug-likeness (QED) is 0.542. The van der Waals surface area contributed by atoms with Crippen LogP contribution in [0.4, 0.5) is 0 Å². The molecule has 0 amide bonds. The summed E-state index contributed by atoms with van der Waals surface area (Å²) in [5.41, 5.74) is 0.588. The monoisotopic (exact) mass is 284 g/mol. The second-order valence-corrected chi connectivity index (χ2v) is 5.32. The van der Waals surface area contributed by atoms with E-state index in [2.05, 4.69) is 6.92 Å². The van der Waals surface area contributed by atoms with E-state index in [-0.39, 0.29) is 14.1 Å². The first-order valence-electron chi connectivity index (χ1n) is 6.26. The predicted molar refractivity (Wildman–Crippen MR) is 78.5 cm³/mol. The lowest BCUT2D eigenvalue weighted by Gasteiger charge is -2.14. The molecular formula is C14H21O4P. The van der Waals surface area contributed by atoms with Gasteiger partial charge in [0, 0.05) is 12.1 Å². The third kappa shape index (κ3) is 4.10. The van der Waals surface area contributed by atoms with Crippen LogP contribution < -0.4 is 14.2 Å². The van der Waals surface area contributed by atoms with Gasteiger partial charge in [-0.15, -0.1) is 0 Å². The number of ether oxygens (including phenoxy) is 3. The zero-order valence-electron chi connectivity index (χ0n) is 11.9. The fourth-order valence-electron chi connectivity index (χ4n) is 1.70. The van der Waals surface area contributed by atoms with Gasteiger partial charge in [0.25, 0.3) is 0 Å². The summed E-state index contributed by atoms with van der Waals surface area (Å²) in [4.78, 5) is 12.3. The number of hydrogen-bond acceptors (Lipinski definition) is 4. The van der Waals surface area contributed by atoms with Crippen LogP contribution in [0.15, 0.2) is 12.1 Å². The first-order chi connectivity index (χ1) is 9.17. The van der Waals surface area contributed by atoms with Crippen molar-refractivity contribution in [1.82, 2.24) is 0 Å². The summed E-state index contributed by atoms with van der Waals surface area (Å²) in [5.74, 6) is 1.62. The van der Waals surface area contributed by atoms with E-state index in [0.29, 0.717) is 22.8 Å². The molecule has 1 rings (SSSR count). The van der Waals surface area contributed by atoms with Crippen molar-refractivity contribution in [2.75, 3.05) is 27.5 Å². The summed E-state index contributed by atoms with van der Waals surface area (Å²) in [7, 11) is 4.90. The fraction of sp³-hybridized carbons (Fsp3) is 0.500. The third-order valence-corrected chi connectivity index (χ3v) is 3.93. The van der Waals surface area contributed by atoms with Crippen LogP contribution in [-0.2, 0) is 0 Å². The highest BCUT2D eigenvalue weighted by Gasteiger charge is 2.19. The van der Waals surface area contributed by atoms with Gasteiger partial charge >= 0.3 is 0 Å². The summed E-state index contributed by atoms with van der Waals surface area (Å²) in [6.07, 6.45) is 3.07. The van der Waals surface area contributed by atoms with Crippen molar-refractivity contribution < 1.29 is 19.0 Å². The molecule has 106 valence electrons. The maximum absolute atomic E-state index is 12.3. The molecule has 0 aliphatic heterocycles. The van der Waals surface area contributed by atoms with E-state index in [1.807, 2.05) is 0 Å². The Hall–Kier alpha value is -1.28. The van der Waals surface area contributed by atoms with Gasteiger partial charge in [0.05, 0.1) is 21.3 Å². The van der Waals surface area contributed by atoms with Crippen molar-refractivity contribution in [2.45, 2.75) is 19.8 Å². The molecule has 0 heterocycles. The first-order valence-corrected chi connectivity index (χ1v) is 7.46. The van der Waals surface area contributed by atoms with Crippen LogP contribution in [0.25, 0.3) is 0 Å². The van der Waals surface area contributed by atoms with Crippen LogP contribution in [0.1, 0.15) is 30.1 Å². The maximum atomic E-state index is 12.3. The van der Waals surface area contributed by atoms with Crippen LogP contribution in [0, 0.1) is 0 Å². The van der Waals surface area contributed by atoms with Crippen LogP contribution in [-0.4, -0.2) is 33.0 Å². The van der Waals surface area contributed by atoms with Gasteiger partial charge in [-0.2, -0.15) is 0 Å². The Morgan fingerprint density at radius 3 is 2.11 bits per heavy atom. The van der Waals surface area contributed by atoms with E-state index >= 15 is 0 Å². The zero-order valence-corrected chi connectivity index (χ0v) is 12.9. The molecule has 19 heavy (non-hydrogen) atoms. The third-order valence-electron chi connectivity index (χ3n) is 2.76. The molecule has 0 aliphatic carbocycles. The molecule has 5 heteroatoms. The van der Waals surface area contributed by atoms with Gasteiger partial charge < -0.3 is 14.2 Å². The van der Waals surface area contributed by atoms with Crippen molar-refractivity contribution in [3.8, 4) is 17.2 Å². The molecule has 0 saturated heterocycles. The number of carbonyl (C=O) groups excluding carboxylic acids is 1. The summed E-state index contributed by atoms with van der Waals surface area (Å²) in [6, 6.07) is 3.42. The largest absolute Gasteiger partial charge is 0.496 e. The van der Waals surface area contributed by atoms with Gasteiger partial charge in [-0.3, -0.25) is 4.79 Å². The number of hydrogen-bond donors (Lipinski definition) is 0. The molecule has 4 nitrogen and oxygen atoms in total. The molecule has 1 atom stereocenters. The number of methoxy groups -OCH3 is 3. The van der Waals surface area contributed by atoms with Crippen molar-refractivity contribution in [3.63, 3.8) is 0 Å². The Kier molecular flexibility index (Phi) is 6.65. The van der Waals surface area contributed by atoms with Crippen molar-refractivity contribution >= 4 is 14.1 Å². The van der Waals surface area contributed by atoms with Crippen molar-refractivity contribution in [3.05, 3.63) is 17.7 Å². The predicted octanol–water partition coefficient (Wildman–Crippen LogP) is 3.33. The highest BCUT2D eigenvalue weighted by molar-refractivity contribution is 7.58. The number of benzene rings is 1. The first kappa shape index (κ1) is 15.8. The van der Waals surface area contributed by atoms with Crippen molar-refractivity contribution in [1.29, 1.82) is 0 Å². The molecule has 0 saturated carbocycles. The Morgan fingerprint density at radius 2 is 1.68 bits per heavy atom. The standard InChI is InChI=1S/C14H21O4P/c1-5-6-7-19-14(15)13-11(17-3)8-10(16-2)9-12(13)18-4/h8-9,19H,5-7H2,1-4H3. The van der Waals surface area contributed by atoms with Gasteiger partial charge in [0.15, 0.2) is 5.52 Å². The van der Waals surface area contributed by atoms with E-state index in [9.17, 15) is 4.79 Å². The average Bonchev–Trinajstić information content (AvgIpc) is 2.45. The molecule has 0 aromatic heterocycles. The van der Waals surface area contributed by atoms with Gasteiger partial charge in [-0.25, -0.2) is 0 Å². The summed E-state index contributed by atoms with van der Waals surface area (Å²) in [6.45, 7) is 2.11. The topological polar surface area (TPSA) is 44.8 Å². The molecule has 0 aliphatic rings. The molecule has 1 aromatic rings. The zero-order chi connectivity index (χ0) is 14.3. The van der Waals surface area contributed by atoms with E-state index in [1.54, 1.807) is 33.5 Å². The number of carbonyl (C=O) groups is 1. The van der Waals surface area contributed by atoms with E-state index < -0.39 is 0 Å². The summed E-state index contributed by atoms with van der Waals surface area (Å²) >= 11 is 0. The SMILES string of the molecule is CCCCPC(=O)c1c(OC)cc(OC)cc1OC. The number of rotatable bonds is 8. The molecule has 0 fully saturated rings. The van der Waals surface area contributed by atoms with E-state index in [4.69, 9.17) is 14.2 Å². The van der Waals surface area contributed by atoms with E-state index in [0.717, 1.165) is 19.0 Å². The highest BCUT2D eigenvalue weighted by atomic mass is 31.1. The Balaban J connectivity index is 3.05. The van der Waals surface area contributed by atoms with Crippen LogP contribution >= 0.6 is 8.58 Å². The van der Waals surface area contributed by atoms with Gasteiger partial charge in [-0.1, -0.05) is 13.3 Å². The molecule has 1 unspecified atom stereocenters. The Bertz CT molecular complexity index is 406. The minimum Gasteiger partial charge on any atom is -0.496 e. The second-order valence-electron chi connectivity index (χ2n) is 4.02. The fourth-order valence-corrected chi connectivity index (χ4v) is 2.88. The molecule has 0 radical (unpaired) electrons.